The average Bonchev–Trinajstić information content (AvgIpc) is 2.15. The number of primary amides is 1. The first-order valence-electron chi connectivity index (χ1n) is 5.37. The maximum atomic E-state index is 11.2. The fourth-order valence-corrected chi connectivity index (χ4v) is 1.85. The molecule has 1 aliphatic heterocycles. The van der Waals surface area contributed by atoms with Crippen molar-refractivity contribution in [2.24, 2.45) is 11.7 Å². The third-order valence-electron chi connectivity index (χ3n) is 2.73. The molecule has 1 rings (SSSR count). The van der Waals surface area contributed by atoms with E-state index in [9.17, 15) is 4.79 Å². The Bertz CT molecular complexity index is 188. The zero-order valence-corrected chi connectivity index (χ0v) is 9.05. The number of hydrogen-bond acceptors (Lipinski definition) is 3. The second-order valence-corrected chi connectivity index (χ2v) is 4.31. The summed E-state index contributed by atoms with van der Waals surface area (Å²) in [6, 6.07) is 0.259. The number of hydrogen-bond donors (Lipinski definition) is 3. The highest BCUT2D eigenvalue weighted by Gasteiger charge is 2.23. The molecular formula is C10H21N3O. The summed E-state index contributed by atoms with van der Waals surface area (Å²) in [6.45, 7) is 6.09. The van der Waals surface area contributed by atoms with Crippen molar-refractivity contribution in [3.05, 3.63) is 0 Å². The van der Waals surface area contributed by atoms with Crippen LogP contribution in [0.15, 0.2) is 0 Å². The Kier molecular flexibility index (Phi) is 4.35. The Morgan fingerprint density at radius 2 is 2.00 bits per heavy atom. The molecule has 1 fully saturated rings. The maximum Gasteiger partial charge on any atom is 0.234 e. The zero-order valence-electron chi connectivity index (χ0n) is 9.05. The minimum atomic E-state index is -0.237. The highest BCUT2D eigenvalue weighted by molar-refractivity contribution is 5.80. The Hall–Kier alpha value is -0.610. The molecule has 0 radical (unpaired) electrons. The minimum absolute atomic E-state index is 0.182. The second-order valence-electron chi connectivity index (χ2n) is 4.31. The van der Waals surface area contributed by atoms with Crippen molar-refractivity contribution in [1.29, 1.82) is 0 Å². The molecule has 1 unspecified atom stereocenters. The van der Waals surface area contributed by atoms with Crippen LogP contribution in [0.5, 0.6) is 0 Å². The summed E-state index contributed by atoms with van der Waals surface area (Å²) in [5.41, 5.74) is 5.34. The summed E-state index contributed by atoms with van der Waals surface area (Å²) < 4.78 is 0. The molecule has 14 heavy (non-hydrogen) atoms. The highest BCUT2D eigenvalue weighted by atomic mass is 16.1. The number of nitrogens with one attached hydrogen (secondary N) is 2. The van der Waals surface area contributed by atoms with Crippen LogP contribution in [-0.2, 0) is 4.79 Å². The molecule has 0 bridgehead atoms. The molecule has 1 amide bonds. The quantitative estimate of drug-likeness (QED) is 0.589. The average molecular weight is 199 g/mol. The van der Waals surface area contributed by atoms with E-state index in [-0.39, 0.29) is 17.9 Å². The third kappa shape index (κ3) is 3.27. The van der Waals surface area contributed by atoms with Crippen LogP contribution in [0.4, 0.5) is 0 Å². The number of amides is 1. The minimum Gasteiger partial charge on any atom is -0.368 e. The summed E-state index contributed by atoms with van der Waals surface area (Å²) in [4.78, 5) is 11.2. The van der Waals surface area contributed by atoms with E-state index in [2.05, 4.69) is 10.6 Å². The van der Waals surface area contributed by atoms with Crippen LogP contribution >= 0.6 is 0 Å². The number of nitrogens with two attached hydrogens (primary N) is 1. The first-order valence-corrected chi connectivity index (χ1v) is 5.37. The van der Waals surface area contributed by atoms with Gasteiger partial charge in [0.2, 0.25) is 5.91 Å². The normalized spacial score (nSPS) is 21.1. The summed E-state index contributed by atoms with van der Waals surface area (Å²) in [6.07, 6.45) is 2.16. The van der Waals surface area contributed by atoms with Gasteiger partial charge < -0.3 is 16.4 Å². The van der Waals surface area contributed by atoms with E-state index in [1.807, 2.05) is 13.8 Å². The lowest BCUT2D eigenvalue weighted by molar-refractivity contribution is -0.121. The highest BCUT2D eigenvalue weighted by Crippen LogP contribution is 2.07. The van der Waals surface area contributed by atoms with Crippen LogP contribution in [-0.4, -0.2) is 31.1 Å². The molecule has 0 aromatic carbocycles. The Morgan fingerprint density at radius 1 is 1.43 bits per heavy atom. The standard InChI is InChI=1S/C10H21N3O/c1-7(2)9(10(11)14)13-8-3-5-12-6-4-8/h7-9,12-13H,3-6H2,1-2H3,(H2,11,14). The van der Waals surface area contributed by atoms with E-state index in [0.717, 1.165) is 25.9 Å². The van der Waals surface area contributed by atoms with E-state index in [4.69, 9.17) is 5.73 Å². The molecule has 4 heteroatoms. The van der Waals surface area contributed by atoms with Crippen LogP contribution in [0.3, 0.4) is 0 Å². The zero-order chi connectivity index (χ0) is 10.6. The SMILES string of the molecule is CC(C)C(NC1CCNCC1)C(N)=O. The molecule has 0 aliphatic carbocycles. The van der Waals surface area contributed by atoms with Gasteiger partial charge in [-0.15, -0.1) is 0 Å². The topological polar surface area (TPSA) is 67.2 Å². The van der Waals surface area contributed by atoms with Gasteiger partial charge in [-0.05, 0) is 31.8 Å². The van der Waals surface area contributed by atoms with Gasteiger partial charge in [0.1, 0.15) is 0 Å². The van der Waals surface area contributed by atoms with E-state index >= 15 is 0 Å². The van der Waals surface area contributed by atoms with E-state index < -0.39 is 0 Å². The third-order valence-corrected chi connectivity index (χ3v) is 2.73. The van der Waals surface area contributed by atoms with Crippen molar-refractivity contribution in [1.82, 2.24) is 10.6 Å². The van der Waals surface area contributed by atoms with E-state index in [0.29, 0.717) is 6.04 Å². The molecule has 0 aromatic rings. The van der Waals surface area contributed by atoms with Crippen LogP contribution in [0.25, 0.3) is 0 Å². The molecule has 1 saturated heterocycles. The van der Waals surface area contributed by atoms with Gasteiger partial charge in [-0.1, -0.05) is 13.8 Å². The molecule has 0 saturated carbocycles. The van der Waals surface area contributed by atoms with Crippen LogP contribution in [0.1, 0.15) is 26.7 Å². The van der Waals surface area contributed by atoms with Gasteiger partial charge >= 0.3 is 0 Å². The van der Waals surface area contributed by atoms with Gasteiger partial charge in [-0.2, -0.15) is 0 Å². The molecule has 1 heterocycles. The molecule has 0 spiro atoms. The van der Waals surface area contributed by atoms with Gasteiger partial charge in [0.15, 0.2) is 0 Å². The molecule has 1 atom stereocenters. The predicted molar refractivity (Wildman–Crippen MR) is 56.8 cm³/mol. The van der Waals surface area contributed by atoms with Crippen molar-refractivity contribution in [3.8, 4) is 0 Å². The molecule has 0 aromatic heterocycles. The Morgan fingerprint density at radius 3 is 2.43 bits per heavy atom. The number of carbonyl (C=O) groups is 1. The van der Waals surface area contributed by atoms with Gasteiger partial charge in [0, 0.05) is 6.04 Å². The Balaban J connectivity index is 2.41. The van der Waals surface area contributed by atoms with Crippen molar-refractivity contribution in [2.45, 2.75) is 38.8 Å². The summed E-state index contributed by atoms with van der Waals surface area (Å²) >= 11 is 0. The summed E-state index contributed by atoms with van der Waals surface area (Å²) in [5, 5.41) is 6.63. The molecule has 4 N–H and O–H groups in total. The lowest BCUT2D eigenvalue weighted by atomic mass is 9.99. The Labute approximate surface area is 85.6 Å². The van der Waals surface area contributed by atoms with Crippen molar-refractivity contribution >= 4 is 5.91 Å². The van der Waals surface area contributed by atoms with E-state index in [1.165, 1.54) is 0 Å². The fourth-order valence-electron chi connectivity index (χ4n) is 1.85. The van der Waals surface area contributed by atoms with E-state index in [1.54, 1.807) is 0 Å². The van der Waals surface area contributed by atoms with Crippen molar-refractivity contribution in [3.63, 3.8) is 0 Å². The smallest absolute Gasteiger partial charge is 0.234 e. The van der Waals surface area contributed by atoms with Crippen LogP contribution in [0, 0.1) is 5.92 Å². The number of piperidine rings is 1. The van der Waals surface area contributed by atoms with Gasteiger partial charge in [-0.3, -0.25) is 4.79 Å². The monoisotopic (exact) mass is 199 g/mol. The van der Waals surface area contributed by atoms with Crippen LogP contribution in [0.2, 0.25) is 0 Å². The second kappa shape index (κ2) is 5.32. The summed E-state index contributed by atoms with van der Waals surface area (Å²) in [7, 11) is 0. The molecular weight excluding hydrogens is 178 g/mol. The van der Waals surface area contributed by atoms with Gasteiger partial charge in [0.25, 0.3) is 0 Å². The first-order chi connectivity index (χ1) is 6.61. The number of carbonyl (C=O) groups excluding carboxylic acids is 1. The largest absolute Gasteiger partial charge is 0.368 e. The first kappa shape index (κ1) is 11.5. The predicted octanol–water partition coefficient (Wildman–Crippen LogP) is -0.162. The fraction of sp³-hybridized carbons (Fsp3) is 0.900. The van der Waals surface area contributed by atoms with Crippen molar-refractivity contribution < 1.29 is 4.79 Å². The van der Waals surface area contributed by atoms with Gasteiger partial charge in [0.05, 0.1) is 6.04 Å². The number of rotatable bonds is 4. The van der Waals surface area contributed by atoms with Crippen LogP contribution < -0.4 is 16.4 Å². The molecule has 4 nitrogen and oxygen atoms in total. The molecule has 1 aliphatic rings. The van der Waals surface area contributed by atoms with Crippen molar-refractivity contribution in [2.75, 3.05) is 13.1 Å². The maximum absolute atomic E-state index is 11.2. The lowest BCUT2D eigenvalue weighted by Gasteiger charge is -2.29. The molecule has 82 valence electrons. The summed E-state index contributed by atoms with van der Waals surface area (Å²) in [5.74, 6) is 0.0286. The lowest BCUT2D eigenvalue weighted by Crippen LogP contribution is -2.52. The van der Waals surface area contributed by atoms with Gasteiger partial charge in [-0.25, -0.2) is 0 Å².